The third kappa shape index (κ3) is 9.48. The second kappa shape index (κ2) is 17.2. The fourth-order valence-electron chi connectivity index (χ4n) is 5.75. The van der Waals surface area contributed by atoms with E-state index in [1.54, 1.807) is 46.8 Å². The van der Waals surface area contributed by atoms with Crippen LogP contribution in [0.4, 0.5) is 0 Å². The molecule has 1 fully saturated rings. The molecule has 1 aliphatic rings. The molecule has 0 bridgehead atoms. The molecule has 3 aromatic rings. The first-order chi connectivity index (χ1) is 20.7. The van der Waals surface area contributed by atoms with Gasteiger partial charge in [-0.05, 0) is 84.2 Å². The summed E-state index contributed by atoms with van der Waals surface area (Å²) in [5, 5.41) is 12.4. The van der Waals surface area contributed by atoms with Gasteiger partial charge in [0.2, 0.25) is 10.0 Å². The molecule has 1 amide bonds. The van der Waals surface area contributed by atoms with E-state index >= 15 is 0 Å². The third-order valence-electron chi connectivity index (χ3n) is 8.23. The molecule has 0 saturated heterocycles. The van der Waals surface area contributed by atoms with Crippen LogP contribution in [0.2, 0.25) is 0 Å². The molecular formula is C34H43LiN2O5S2. The summed E-state index contributed by atoms with van der Waals surface area (Å²) in [5.74, 6) is -0.419. The Bertz CT molecular complexity index is 1490. The van der Waals surface area contributed by atoms with Crippen LogP contribution in [-0.4, -0.2) is 73.2 Å². The van der Waals surface area contributed by atoms with Crippen LogP contribution in [-0.2, 0) is 21.4 Å². The van der Waals surface area contributed by atoms with Gasteiger partial charge in [-0.25, -0.2) is 13.2 Å². The van der Waals surface area contributed by atoms with Gasteiger partial charge < -0.3 is 10.4 Å². The van der Waals surface area contributed by atoms with Gasteiger partial charge in [0.05, 0.1) is 4.90 Å². The van der Waals surface area contributed by atoms with Crippen LogP contribution in [0.25, 0.3) is 11.1 Å². The van der Waals surface area contributed by atoms with Gasteiger partial charge in [0.1, 0.15) is 6.04 Å². The summed E-state index contributed by atoms with van der Waals surface area (Å²) in [5.41, 5.74) is 3.55. The number of aryl methyl sites for hydroxylation is 1. The molecule has 1 saturated carbocycles. The van der Waals surface area contributed by atoms with Crippen molar-refractivity contribution in [2.24, 2.45) is 5.92 Å². The van der Waals surface area contributed by atoms with Crippen molar-refractivity contribution < 1.29 is 23.1 Å². The number of hydrogen-bond donors (Lipinski definition) is 2. The molecule has 1 aliphatic carbocycles. The van der Waals surface area contributed by atoms with Gasteiger partial charge in [-0.3, -0.25) is 4.79 Å². The number of sulfonamides is 1. The second-order valence-corrected chi connectivity index (χ2v) is 14.2. The summed E-state index contributed by atoms with van der Waals surface area (Å²) in [6, 6.07) is 20.6. The van der Waals surface area contributed by atoms with Gasteiger partial charge in [-0.1, -0.05) is 80.6 Å². The topological polar surface area (TPSA) is 104 Å². The monoisotopic (exact) mass is 630 g/mol. The Labute approximate surface area is 278 Å². The standard InChI is InChI=1S/C34H42N2O5S2.Li.H/c1-25-11-9-10-16-29(25)31-23-27(17-18-30(31)33(37)35-32(34(38)39)20-22-42-2)24-36(21-19-26-12-5-3-6-13-26)43(40,41)28-14-7-4-8-15-28;;/h4,7-11,14-18,23,26,32H,3,5-6,12-13,19-22,24H2,1-2H3,(H,35,37)(H,38,39);;/t32-;;/m0../s1. The Hall–Kier alpha value is -2.54. The Morgan fingerprint density at radius 2 is 1.66 bits per heavy atom. The average Bonchev–Trinajstić information content (AvgIpc) is 3.02. The quantitative estimate of drug-likeness (QED) is 0.208. The number of nitrogens with zero attached hydrogens (tertiary/aromatic N) is 1. The molecule has 44 heavy (non-hydrogen) atoms. The van der Waals surface area contributed by atoms with E-state index in [4.69, 9.17) is 0 Å². The van der Waals surface area contributed by atoms with Crippen molar-refractivity contribution in [2.75, 3.05) is 18.6 Å². The number of carbonyl (C=O) groups excluding carboxylic acids is 1. The van der Waals surface area contributed by atoms with Crippen molar-refractivity contribution in [1.82, 2.24) is 9.62 Å². The van der Waals surface area contributed by atoms with Crippen LogP contribution in [0.15, 0.2) is 77.7 Å². The van der Waals surface area contributed by atoms with Crippen molar-refractivity contribution >= 4 is 52.5 Å². The van der Waals surface area contributed by atoms with E-state index in [-0.39, 0.29) is 30.3 Å². The Morgan fingerprint density at radius 3 is 2.32 bits per heavy atom. The fraction of sp³-hybridized carbons (Fsp3) is 0.412. The zero-order chi connectivity index (χ0) is 30.8. The summed E-state index contributed by atoms with van der Waals surface area (Å²) >= 11 is 1.52. The molecular weight excluding hydrogens is 587 g/mol. The molecule has 4 rings (SSSR count). The van der Waals surface area contributed by atoms with Crippen LogP contribution >= 0.6 is 11.8 Å². The molecule has 0 unspecified atom stereocenters. The fourth-order valence-corrected chi connectivity index (χ4v) is 7.68. The zero-order valence-corrected chi connectivity index (χ0v) is 26.6. The number of hydrogen-bond acceptors (Lipinski definition) is 5. The number of carboxylic acid groups (broad SMARTS) is 1. The molecule has 1 atom stereocenters. The van der Waals surface area contributed by atoms with Crippen molar-refractivity contribution in [3.63, 3.8) is 0 Å². The predicted octanol–water partition coefficient (Wildman–Crippen LogP) is 6.11. The minimum atomic E-state index is -3.76. The average molecular weight is 631 g/mol. The van der Waals surface area contributed by atoms with Crippen molar-refractivity contribution in [2.45, 2.75) is 69.4 Å². The normalized spacial score (nSPS) is 14.5. The number of carbonyl (C=O) groups is 2. The summed E-state index contributed by atoms with van der Waals surface area (Å²) < 4.78 is 29.3. The number of thioether (sulfide) groups is 1. The van der Waals surface area contributed by atoms with E-state index in [2.05, 4.69) is 5.32 Å². The van der Waals surface area contributed by atoms with E-state index in [0.717, 1.165) is 36.0 Å². The number of nitrogens with one attached hydrogen (secondary N) is 1. The van der Waals surface area contributed by atoms with Gasteiger partial charge in [-0.2, -0.15) is 16.1 Å². The van der Waals surface area contributed by atoms with Crippen LogP contribution in [0.5, 0.6) is 0 Å². The summed E-state index contributed by atoms with van der Waals surface area (Å²) in [4.78, 5) is 25.6. The van der Waals surface area contributed by atoms with Gasteiger partial charge in [0, 0.05) is 18.7 Å². The number of carboxylic acids is 1. The number of rotatable bonds is 14. The van der Waals surface area contributed by atoms with Crippen LogP contribution in [0.1, 0.15) is 66.4 Å². The van der Waals surface area contributed by atoms with Gasteiger partial charge in [-0.15, -0.1) is 0 Å². The number of aliphatic carboxylic acids is 1. The first-order valence-corrected chi connectivity index (χ1v) is 17.8. The molecule has 10 heteroatoms. The zero-order valence-electron chi connectivity index (χ0n) is 25.0. The molecule has 232 valence electrons. The molecule has 0 aromatic heterocycles. The first kappa shape index (κ1) is 35.9. The van der Waals surface area contributed by atoms with E-state index in [9.17, 15) is 23.1 Å². The second-order valence-electron chi connectivity index (χ2n) is 11.3. The molecule has 0 aliphatic heterocycles. The number of benzene rings is 3. The van der Waals surface area contributed by atoms with Crippen molar-refractivity contribution in [3.05, 3.63) is 89.5 Å². The van der Waals surface area contributed by atoms with Crippen LogP contribution < -0.4 is 5.32 Å². The molecule has 0 heterocycles. The maximum absolute atomic E-state index is 13.9. The number of amides is 1. The van der Waals surface area contributed by atoms with Crippen LogP contribution in [0.3, 0.4) is 0 Å². The van der Waals surface area contributed by atoms with E-state index in [0.29, 0.717) is 35.8 Å². The van der Waals surface area contributed by atoms with Gasteiger partial charge in [0.15, 0.2) is 0 Å². The Morgan fingerprint density at radius 1 is 0.977 bits per heavy atom. The first-order valence-electron chi connectivity index (χ1n) is 15.0. The molecule has 2 N–H and O–H groups in total. The predicted molar refractivity (Wildman–Crippen MR) is 181 cm³/mol. The van der Waals surface area contributed by atoms with Gasteiger partial charge >= 0.3 is 24.8 Å². The molecule has 3 aromatic carbocycles. The van der Waals surface area contributed by atoms with Crippen LogP contribution in [0, 0.1) is 12.8 Å². The third-order valence-corrected chi connectivity index (χ3v) is 10.7. The summed E-state index contributed by atoms with van der Waals surface area (Å²) in [6.07, 6.45) is 8.92. The minimum absolute atomic E-state index is 0. The maximum atomic E-state index is 13.9. The molecule has 0 spiro atoms. The van der Waals surface area contributed by atoms with E-state index in [1.165, 1.54) is 31.0 Å². The van der Waals surface area contributed by atoms with E-state index in [1.807, 2.05) is 43.5 Å². The Balaban J connectivity index is 0.00000529. The van der Waals surface area contributed by atoms with Crippen molar-refractivity contribution in [1.29, 1.82) is 0 Å². The summed E-state index contributed by atoms with van der Waals surface area (Å²) in [7, 11) is -3.76. The Kier molecular flexibility index (Phi) is 14.1. The van der Waals surface area contributed by atoms with E-state index < -0.39 is 27.9 Å². The molecule has 0 radical (unpaired) electrons. The van der Waals surface area contributed by atoms with Gasteiger partial charge in [0.25, 0.3) is 5.91 Å². The van der Waals surface area contributed by atoms with Crippen molar-refractivity contribution in [3.8, 4) is 11.1 Å². The SMILES string of the molecule is CSCC[C@H](NC(=O)c1ccc(CN(CCC2CCCCC2)S(=O)(=O)c2ccccc2)cc1-c1ccccc1C)C(=O)O.[LiH]. The summed E-state index contributed by atoms with van der Waals surface area (Å²) in [6.45, 7) is 2.54. The molecule has 7 nitrogen and oxygen atoms in total.